The number of H-pyrrole nitrogens is 1. The summed E-state index contributed by atoms with van der Waals surface area (Å²) in [5, 5.41) is 11.0. The van der Waals surface area contributed by atoms with Gasteiger partial charge in [0.05, 0.1) is 11.4 Å². The molecule has 0 bridgehead atoms. The van der Waals surface area contributed by atoms with E-state index in [0.29, 0.717) is 22.6 Å². The third-order valence-electron chi connectivity index (χ3n) is 4.49. The highest BCUT2D eigenvalue weighted by Crippen LogP contribution is 2.36. The number of pyridine rings is 1. The molecule has 0 atom stereocenters. The molecule has 0 radical (unpaired) electrons. The quantitative estimate of drug-likeness (QED) is 0.408. The van der Waals surface area contributed by atoms with Gasteiger partial charge in [0.25, 0.3) is 0 Å². The van der Waals surface area contributed by atoms with Crippen LogP contribution in [-0.2, 0) is 4.74 Å². The van der Waals surface area contributed by atoms with Crippen LogP contribution in [-0.4, -0.2) is 26.9 Å². The monoisotopic (exact) mass is 401 g/mol. The first-order chi connectivity index (χ1) is 14.3. The molecule has 7 nitrogen and oxygen atoms in total. The lowest BCUT2D eigenvalue weighted by molar-refractivity contribution is 0.0636. The number of carbonyl (C=O) groups excluding carboxylic acids is 1. The molecule has 4 rings (SSSR count). The Labute approximate surface area is 174 Å². The number of aromatic nitrogens is 3. The summed E-state index contributed by atoms with van der Waals surface area (Å²) in [7, 11) is 0. The molecule has 0 saturated carbocycles. The second kappa shape index (κ2) is 7.51. The van der Waals surface area contributed by atoms with Gasteiger partial charge in [0.2, 0.25) is 0 Å². The number of fused-ring (bicyclic) bond motifs is 1. The van der Waals surface area contributed by atoms with Gasteiger partial charge in [0.1, 0.15) is 5.60 Å². The molecule has 0 aliphatic heterocycles. The fraction of sp³-hybridized carbons (Fsp3) is 0.174. The molecular weight excluding hydrogens is 378 g/mol. The summed E-state index contributed by atoms with van der Waals surface area (Å²) >= 11 is 0. The topological polar surface area (TPSA) is 106 Å². The van der Waals surface area contributed by atoms with Gasteiger partial charge in [-0.3, -0.25) is 10.4 Å². The third kappa shape index (κ3) is 3.96. The highest BCUT2D eigenvalue weighted by molar-refractivity contribution is 5.99. The first-order valence-electron chi connectivity index (χ1n) is 9.60. The Hall–Kier alpha value is -3.87. The number of carbonyl (C=O) groups is 1. The number of nitrogens with zero attached hydrogens (tertiary/aromatic N) is 2. The van der Waals surface area contributed by atoms with E-state index < -0.39 is 11.7 Å². The Balaban J connectivity index is 1.78. The van der Waals surface area contributed by atoms with Crippen LogP contribution in [0.4, 0.5) is 16.2 Å². The minimum absolute atomic E-state index is 0.523. The summed E-state index contributed by atoms with van der Waals surface area (Å²) in [6.07, 6.45) is 1.15. The van der Waals surface area contributed by atoms with E-state index in [1.165, 1.54) is 0 Å². The van der Waals surface area contributed by atoms with E-state index in [1.807, 2.05) is 57.2 Å². The maximum Gasteiger partial charge on any atom is 0.412 e. The first-order valence-corrected chi connectivity index (χ1v) is 9.60. The van der Waals surface area contributed by atoms with Crippen LogP contribution in [0.1, 0.15) is 20.8 Å². The van der Waals surface area contributed by atoms with Gasteiger partial charge >= 0.3 is 6.09 Å². The SMILES string of the molecule is CC(C)(C)OC(=O)Nc1cccc(N)c1-c1cnc2n[nH]c(-c3ccccc3)c2c1. The van der Waals surface area contributed by atoms with Crippen molar-refractivity contribution in [2.75, 3.05) is 11.1 Å². The number of anilines is 2. The Morgan fingerprint density at radius 2 is 1.83 bits per heavy atom. The Kier molecular flexibility index (Phi) is 4.87. The molecule has 0 spiro atoms. The molecular formula is C23H23N5O2. The maximum atomic E-state index is 12.3. The van der Waals surface area contributed by atoms with E-state index in [1.54, 1.807) is 24.4 Å². The van der Waals surface area contributed by atoms with Gasteiger partial charge in [0.15, 0.2) is 5.65 Å². The molecule has 0 fully saturated rings. The normalized spacial score (nSPS) is 11.4. The average molecular weight is 401 g/mol. The second-order valence-corrected chi connectivity index (χ2v) is 7.96. The van der Waals surface area contributed by atoms with Gasteiger partial charge in [0, 0.05) is 34.0 Å². The van der Waals surface area contributed by atoms with E-state index in [2.05, 4.69) is 20.5 Å². The molecule has 30 heavy (non-hydrogen) atoms. The molecule has 7 heteroatoms. The van der Waals surface area contributed by atoms with Gasteiger partial charge in [-0.2, -0.15) is 5.10 Å². The van der Waals surface area contributed by atoms with Crippen LogP contribution in [0.2, 0.25) is 0 Å². The van der Waals surface area contributed by atoms with Crippen molar-refractivity contribution in [3.8, 4) is 22.4 Å². The predicted octanol–water partition coefficient (Wildman–Crippen LogP) is 5.22. The number of amides is 1. The fourth-order valence-corrected chi connectivity index (χ4v) is 3.27. The van der Waals surface area contributed by atoms with Crippen LogP contribution in [0.15, 0.2) is 60.8 Å². The van der Waals surface area contributed by atoms with Crippen molar-refractivity contribution in [2.45, 2.75) is 26.4 Å². The molecule has 2 aromatic heterocycles. The number of rotatable bonds is 3. The van der Waals surface area contributed by atoms with Crippen molar-refractivity contribution in [2.24, 2.45) is 0 Å². The Morgan fingerprint density at radius 1 is 1.07 bits per heavy atom. The van der Waals surface area contributed by atoms with Gasteiger partial charge in [-0.1, -0.05) is 36.4 Å². The van der Waals surface area contributed by atoms with E-state index in [4.69, 9.17) is 10.5 Å². The summed E-state index contributed by atoms with van der Waals surface area (Å²) in [5.74, 6) is 0. The van der Waals surface area contributed by atoms with E-state index in [9.17, 15) is 4.79 Å². The van der Waals surface area contributed by atoms with Gasteiger partial charge < -0.3 is 10.5 Å². The zero-order valence-electron chi connectivity index (χ0n) is 17.1. The Bertz CT molecular complexity index is 1210. The molecule has 0 aliphatic rings. The number of nitrogens with two attached hydrogens (primary N) is 1. The molecule has 0 unspecified atom stereocenters. The van der Waals surface area contributed by atoms with Crippen molar-refractivity contribution in [3.63, 3.8) is 0 Å². The summed E-state index contributed by atoms with van der Waals surface area (Å²) < 4.78 is 5.39. The van der Waals surface area contributed by atoms with Crippen LogP contribution >= 0.6 is 0 Å². The van der Waals surface area contributed by atoms with E-state index in [0.717, 1.165) is 22.2 Å². The van der Waals surface area contributed by atoms with Crippen molar-refractivity contribution in [3.05, 3.63) is 60.8 Å². The number of hydrogen-bond acceptors (Lipinski definition) is 5. The Morgan fingerprint density at radius 3 is 2.57 bits per heavy atom. The highest BCUT2D eigenvalue weighted by atomic mass is 16.6. The largest absolute Gasteiger partial charge is 0.444 e. The fourth-order valence-electron chi connectivity index (χ4n) is 3.27. The lowest BCUT2D eigenvalue weighted by atomic mass is 10.0. The van der Waals surface area contributed by atoms with Crippen LogP contribution in [0.5, 0.6) is 0 Å². The van der Waals surface area contributed by atoms with Crippen LogP contribution < -0.4 is 11.1 Å². The second-order valence-electron chi connectivity index (χ2n) is 7.96. The van der Waals surface area contributed by atoms with Crippen LogP contribution in [0.3, 0.4) is 0 Å². The summed E-state index contributed by atoms with van der Waals surface area (Å²) in [5.41, 5.74) is 10.7. The van der Waals surface area contributed by atoms with Crippen molar-refractivity contribution in [1.82, 2.24) is 15.2 Å². The zero-order valence-corrected chi connectivity index (χ0v) is 17.1. The molecule has 1 amide bonds. The smallest absolute Gasteiger partial charge is 0.412 e. The standard InChI is InChI=1S/C23H23N5O2/c1-23(2,3)30-22(29)26-18-11-7-10-17(24)19(18)15-12-16-20(14-8-5-4-6-9-14)27-28-21(16)25-13-15/h4-13H,24H2,1-3H3,(H,26,29)(H,25,27,28). The van der Waals surface area contributed by atoms with E-state index >= 15 is 0 Å². The summed E-state index contributed by atoms with van der Waals surface area (Å²) in [6, 6.07) is 17.2. The van der Waals surface area contributed by atoms with Gasteiger partial charge in [-0.05, 0) is 39.0 Å². The molecule has 2 heterocycles. The number of nitrogens with one attached hydrogen (secondary N) is 2. The number of benzene rings is 2. The molecule has 4 N–H and O–H groups in total. The van der Waals surface area contributed by atoms with Gasteiger partial charge in [-0.15, -0.1) is 0 Å². The summed E-state index contributed by atoms with van der Waals surface area (Å²) in [6.45, 7) is 5.44. The summed E-state index contributed by atoms with van der Waals surface area (Å²) in [4.78, 5) is 16.8. The van der Waals surface area contributed by atoms with E-state index in [-0.39, 0.29) is 0 Å². The van der Waals surface area contributed by atoms with Crippen molar-refractivity contribution < 1.29 is 9.53 Å². The third-order valence-corrected chi connectivity index (χ3v) is 4.49. The minimum Gasteiger partial charge on any atom is -0.444 e. The number of aromatic amines is 1. The van der Waals surface area contributed by atoms with Crippen LogP contribution in [0, 0.1) is 0 Å². The zero-order chi connectivity index (χ0) is 21.3. The predicted molar refractivity (Wildman–Crippen MR) is 119 cm³/mol. The molecule has 0 aliphatic carbocycles. The van der Waals surface area contributed by atoms with Crippen molar-refractivity contribution in [1.29, 1.82) is 0 Å². The maximum absolute atomic E-state index is 12.3. The number of ether oxygens (including phenoxy) is 1. The van der Waals surface area contributed by atoms with Gasteiger partial charge in [-0.25, -0.2) is 9.78 Å². The van der Waals surface area contributed by atoms with Crippen LogP contribution in [0.25, 0.3) is 33.4 Å². The first kappa shape index (κ1) is 19.4. The molecule has 4 aromatic rings. The lowest BCUT2D eigenvalue weighted by Crippen LogP contribution is -2.27. The number of hydrogen-bond donors (Lipinski definition) is 3. The highest BCUT2D eigenvalue weighted by Gasteiger charge is 2.19. The lowest BCUT2D eigenvalue weighted by Gasteiger charge is -2.21. The minimum atomic E-state index is -0.605. The molecule has 152 valence electrons. The molecule has 0 saturated heterocycles. The van der Waals surface area contributed by atoms with Crippen molar-refractivity contribution >= 4 is 28.5 Å². The molecule has 2 aromatic carbocycles. The average Bonchev–Trinajstić information content (AvgIpc) is 3.10. The number of nitrogen functional groups attached to an aromatic ring is 1.